The fourth-order valence-electron chi connectivity index (χ4n) is 5.29. The Morgan fingerprint density at radius 3 is 2.37 bits per heavy atom. The van der Waals surface area contributed by atoms with E-state index in [2.05, 4.69) is 36.9 Å². The average Bonchev–Trinajstić information content (AvgIpc) is 2.73. The van der Waals surface area contributed by atoms with Crippen LogP contribution in [-0.2, 0) is 19.1 Å². The molecule has 6 heteroatoms. The molecular formula is C24H32N2O4. The van der Waals surface area contributed by atoms with Crippen LogP contribution in [-0.4, -0.2) is 55.3 Å². The molecule has 2 saturated carbocycles. The van der Waals surface area contributed by atoms with Gasteiger partial charge in [-0.3, -0.25) is 14.4 Å². The SMILES string of the molecule is Cc1cccc(N2CCN(C(=O)COC(=O)C3C[C@@H]4CCC[C@@H](C3)C4=O)CC2)c1C. The molecule has 6 nitrogen and oxygen atoms in total. The van der Waals surface area contributed by atoms with Crippen molar-refractivity contribution in [1.82, 2.24) is 4.90 Å². The number of anilines is 1. The number of hydrogen-bond acceptors (Lipinski definition) is 5. The molecule has 162 valence electrons. The number of ether oxygens (including phenoxy) is 1. The van der Waals surface area contributed by atoms with Crippen molar-refractivity contribution >= 4 is 23.3 Å². The van der Waals surface area contributed by atoms with Crippen molar-refractivity contribution in [2.75, 3.05) is 37.7 Å². The van der Waals surface area contributed by atoms with Crippen molar-refractivity contribution in [3.05, 3.63) is 29.3 Å². The molecule has 1 aromatic rings. The zero-order valence-corrected chi connectivity index (χ0v) is 18.1. The normalized spacial score (nSPS) is 26.5. The van der Waals surface area contributed by atoms with Crippen molar-refractivity contribution in [1.29, 1.82) is 0 Å². The molecule has 1 aliphatic heterocycles. The molecule has 0 unspecified atom stereocenters. The Hall–Kier alpha value is -2.37. The largest absolute Gasteiger partial charge is 0.455 e. The second-order valence-electron chi connectivity index (χ2n) is 9.09. The predicted octanol–water partition coefficient (Wildman–Crippen LogP) is 2.89. The van der Waals surface area contributed by atoms with Gasteiger partial charge in [-0.2, -0.15) is 0 Å². The number of Topliss-reactive ketones (excluding diaryl/α,β-unsaturated/α-hetero) is 1. The highest BCUT2D eigenvalue weighted by atomic mass is 16.5. The van der Waals surface area contributed by atoms with E-state index >= 15 is 0 Å². The molecule has 3 aliphatic rings. The third kappa shape index (κ3) is 4.23. The third-order valence-electron chi connectivity index (χ3n) is 7.27. The summed E-state index contributed by atoms with van der Waals surface area (Å²) in [6.07, 6.45) is 4.05. The number of carbonyl (C=O) groups excluding carboxylic acids is 3. The van der Waals surface area contributed by atoms with Gasteiger partial charge in [0.15, 0.2) is 6.61 Å². The highest BCUT2D eigenvalue weighted by Crippen LogP contribution is 2.40. The van der Waals surface area contributed by atoms with Gasteiger partial charge in [-0.25, -0.2) is 0 Å². The van der Waals surface area contributed by atoms with Crippen LogP contribution in [0.4, 0.5) is 5.69 Å². The lowest BCUT2D eigenvalue weighted by atomic mass is 9.67. The standard InChI is InChI=1S/C24H32N2O4/c1-16-5-3-8-21(17(16)2)25-9-11-26(12-10-25)22(27)15-30-24(29)20-13-18-6-4-7-19(14-20)23(18)28/h3,5,8,18-20H,4,6-7,9-15H2,1-2H3/t18-,19-/m0/s1. The second kappa shape index (κ2) is 8.78. The summed E-state index contributed by atoms with van der Waals surface area (Å²) in [4.78, 5) is 41.4. The van der Waals surface area contributed by atoms with Gasteiger partial charge in [0.05, 0.1) is 5.92 Å². The first-order valence-corrected chi connectivity index (χ1v) is 11.2. The van der Waals surface area contributed by atoms with Crippen LogP contribution in [0.25, 0.3) is 0 Å². The summed E-state index contributed by atoms with van der Waals surface area (Å²) in [6.45, 7) is 6.87. The topological polar surface area (TPSA) is 66.9 Å². The molecule has 2 atom stereocenters. The molecule has 1 aromatic carbocycles. The van der Waals surface area contributed by atoms with Crippen LogP contribution in [0.1, 0.15) is 43.2 Å². The molecule has 4 rings (SSSR count). The van der Waals surface area contributed by atoms with Crippen molar-refractivity contribution in [3.8, 4) is 0 Å². The van der Waals surface area contributed by atoms with Gasteiger partial charge in [-0.1, -0.05) is 18.6 Å². The van der Waals surface area contributed by atoms with E-state index in [4.69, 9.17) is 4.74 Å². The zero-order chi connectivity index (χ0) is 21.3. The number of nitrogens with zero attached hydrogens (tertiary/aromatic N) is 2. The monoisotopic (exact) mass is 412 g/mol. The Morgan fingerprint density at radius 1 is 1.03 bits per heavy atom. The predicted molar refractivity (Wildman–Crippen MR) is 114 cm³/mol. The molecule has 0 N–H and O–H groups in total. The number of amides is 1. The first kappa shape index (κ1) is 20.9. The van der Waals surface area contributed by atoms with Crippen molar-refractivity contribution < 1.29 is 19.1 Å². The first-order valence-electron chi connectivity index (χ1n) is 11.2. The van der Waals surface area contributed by atoms with Gasteiger partial charge in [0.2, 0.25) is 0 Å². The molecule has 2 aliphatic carbocycles. The number of esters is 1. The van der Waals surface area contributed by atoms with E-state index in [9.17, 15) is 14.4 Å². The third-order valence-corrected chi connectivity index (χ3v) is 7.27. The van der Waals surface area contributed by atoms with Crippen LogP contribution in [0.15, 0.2) is 18.2 Å². The van der Waals surface area contributed by atoms with Gasteiger partial charge >= 0.3 is 5.97 Å². The number of carbonyl (C=O) groups is 3. The van der Waals surface area contributed by atoms with Crippen LogP contribution in [0.5, 0.6) is 0 Å². The summed E-state index contributed by atoms with van der Waals surface area (Å²) >= 11 is 0. The van der Waals surface area contributed by atoms with Gasteiger partial charge in [-0.15, -0.1) is 0 Å². The summed E-state index contributed by atoms with van der Waals surface area (Å²) in [6, 6.07) is 6.32. The van der Waals surface area contributed by atoms with Gasteiger partial charge in [0, 0.05) is 43.7 Å². The van der Waals surface area contributed by atoms with E-state index in [1.807, 2.05) is 0 Å². The lowest BCUT2D eigenvalue weighted by Gasteiger charge is -2.37. The number of ketones is 1. The molecule has 3 fully saturated rings. The summed E-state index contributed by atoms with van der Waals surface area (Å²) in [5, 5.41) is 0. The fourth-order valence-corrected chi connectivity index (χ4v) is 5.29. The van der Waals surface area contributed by atoms with Crippen LogP contribution >= 0.6 is 0 Å². The summed E-state index contributed by atoms with van der Waals surface area (Å²) in [7, 11) is 0. The molecule has 30 heavy (non-hydrogen) atoms. The molecule has 0 spiro atoms. The average molecular weight is 413 g/mol. The minimum Gasteiger partial charge on any atom is -0.455 e. The van der Waals surface area contributed by atoms with Crippen LogP contribution < -0.4 is 4.90 Å². The molecule has 2 bridgehead atoms. The fraction of sp³-hybridized carbons (Fsp3) is 0.625. The Labute approximate surface area is 178 Å². The van der Waals surface area contributed by atoms with E-state index in [1.54, 1.807) is 4.90 Å². The number of piperazine rings is 1. The van der Waals surface area contributed by atoms with Crippen molar-refractivity contribution in [3.63, 3.8) is 0 Å². The number of aryl methyl sites for hydroxylation is 1. The lowest BCUT2D eigenvalue weighted by molar-refractivity contribution is -0.159. The Balaban J connectivity index is 1.25. The van der Waals surface area contributed by atoms with E-state index in [0.717, 1.165) is 32.4 Å². The van der Waals surface area contributed by atoms with Gasteiger partial charge in [0.25, 0.3) is 5.91 Å². The number of fused-ring (bicyclic) bond motifs is 2. The summed E-state index contributed by atoms with van der Waals surface area (Å²) < 4.78 is 5.39. The zero-order valence-electron chi connectivity index (χ0n) is 18.1. The van der Waals surface area contributed by atoms with Crippen molar-refractivity contribution in [2.24, 2.45) is 17.8 Å². The number of benzene rings is 1. The van der Waals surface area contributed by atoms with Gasteiger partial charge in [0.1, 0.15) is 5.78 Å². The minimum atomic E-state index is -0.304. The summed E-state index contributed by atoms with van der Waals surface area (Å²) in [5.41, 5.74) is 3.78. The smallest absolute Gasteiger partial charge is 0.309 e. The highest BCUT2D eigenvalue weighted by molar-refractivity contribution is 5.88. The van der Waals surface area contributed by atoms with E-state index < -0.39 is 0 Å². The van der Waals surface area contributed by atoms with Gasteiger partial charge < -0.3 is 14.5 Å². The van der Waals surface area contributed by atoms with E-state index in [0.29, 0.717) is 31.7 Å². The van der Waals surface area contributed by atoms with E-state index in [-0.39, 0.29) is 36.2 Å². The summed E-state index contributed by atoms with van der Waals surface area (Å²) in [5.74, 6) is -0.291. The maximum Gasteiger partial charge on any atom is 0.309 e. The van der Waals surface area contributed by atoms with Crippen molar-refractivity contribution in [2.45, 2.75) is 46.0 Å². The molecule has 0 aromatic heterocycles. The highest BCUT2D eigenvalue weighted by Gasteiger charge is 2.42. The molecule has 1 heterocycles. The number of rotatable bonds is 4. The van der Waals surface area contributed by atoms with Crippen LogP contribution in [0.3, 0.4) is 0 Å². The molecule has 1 amide bonds. The maximum atomic E-state index is 12.6. The maximum absolute atomic E-state index is 12.6. The van der Waals surface area contributed by atoms with E-state index in [1.165, 1.54) is 16.8 Å². The second-order valence-corrected chi connectivity index (χ2v) is 9.09. The van der Waals surface area contributed by atoms with Gasteiger partial charge in [-0.05, 0) is 56.7 Å². The minimum absolute atomic E-state index is 0.0175. The Morgan fingerprint density at radius 2 is 1.70 bits per heavy atom. The van der Waals surface area contributed by atoms with Crippen LogP contribution in [0, 0.1) is 31.6 Å². The Bertz CT molecular complexity index is 812. The molecule has 1 saturated heterocycles. The number of hydrogen-bond donors (Lipinski definition) is 0. The molecular weight excluding hydrogens is 380 g/mol. The van der Waals surface area contributed by atoms with Crippen LogP contribution in [0.2, 0.25) is 0 Å². The first-order chi connectivity index (χ1) is 14.4. The lowest BCUT2D eigenvalue weighted by Crippen LogP contribution is -2.50. The molecule has 0 radical (unpaired) electrons. The Kier molecular flexibility index (Phi) is 6.11. The quantitative estimate of drug-likeness (QED) is 0.712.